The molecule has 2 aromatic carbocycles. The molecule has 2 unspecified atom stereocenters. The van der Waals surface area contributed by atoms with Crippen LogP contribution >= 0.6 is 0 Å². The van der Waals surface area contributed by atoms with Crippen molar-refractivity contribution in [3.05, 3.63) is 65.7 Å². The van der Waals surface area contributed by atoms with Gasteiger partial charge in [-0.05, 0) is 25.1 Å². The fourth-order valence-corrected chi connectivity index (χ4v) is 1.99. The normalized spacial score (nSPS) is 13.2. The number of carbonyl (C=O) groups is 1. The molecule has 0 fully saturated rings. The highest BCUT2D eigenvalue weighted by Gasteiger charge is 2.18. The molecule has 23 heavy (non-hydrogen) atoms. The summed E-state index contributed by atoms with van der Waals surface area (Å²) in [5.74, 6) is -1.28. The molecule has 2 atom stereocenters. The van der Waals surface area contributed by atoms with Gasteiger partial charge in [0.15, 0.2) is 6.10 Å². The summed E-state index contributed by atoms with van der Waals surface area (Å²) in [5, 5.41) is 12.4. The molecule has 2 aromatic rings. The molecule has 6 heteroatoms. The molecule has 0 radical (unpaired) electrons. The minimum absolute atomic E-state index is 0.103. The van der Waals surface area contributed by atoms with Gasteiger partial charge >= 0.3 is 0 Å². The third kappa shape index (κ3) is 4.75. The van der Waals surface area contributed by atoms with Crippen LogP contribution in [0.25, 0.3) is 0 Å². The van der Waals surface area contributed by atoms with E-state index in [0.29, 0.717) is 0 Å². The Bertz CT molecular complexity index is 678. The second-order valence-electron chi connectivity index (χ2n) is 5.00. The lowest BCUT2D eigenvalue weighted by Gasteiger charge is -2.17. The average Bonchev–Trinajstić information content (AvgIpc) is 2.52. The van der Waals surface area contributed by atoms with Crippen molar-refractivity contribution in [3.63, 3.8) is 0 Å². The predicted molar refractivity (Wildman–Crippen MR) is 80.9 cm³/mol. The highest BCUT2D eigenvalue weighted by atomic mass is 19.1. The van der Waals surface area contributed by atoms with Crippen molar-refractivity contribution in [2.45, 2.75) is 19.1 Å². The smallest absolute Gasteiger partial charge is 0.260 e. The number of benzene rings is 2. The number of carbonyl (C=O) groups excluding carboxylic acids is 1. The van der Waals surface area contributed by atoms with Crippen molar-refractivity contribution in [2.75, 3.05) is 6.54 Å². The molecule has 0 aliphatic heterocycles. The largest absolute Gasteiger partial charge is 0.481 e. The van der Waals surface area contributed by atoms with E-state index in [9.17, 15) is 18.7 Å². The molecule has 0 aromatic heterocycles. The summed E-state index contributed by atoms with van der Waals surface area (Å²) in [5.41, 5.74) is 0.103. The van der Waals surface area contributed by atoms with Crippen LogP contribution in [-0.4, -0.2) is 23.7 Å². The molecule has 122 valence electrons. The van der Waals surface area contributed by atoms with Crippen LogP contribution in [0.4, 0.5) is 8.78 Å². The van der Waals surface area contributed by atoms with Crippen LogP contribution in [-0.2, 0) is 4.79 Å². The topological polar surface area (TPSA) is 58.6 Å². The molecule has 2 rings (SSSR count). The highest BCUT2D eigenvalue weighted by Crippen LogP contribution is 2.16. The molecule has 0 spiro atoms. The van der Waals surface area contributed by atoms with E-state index in [1.54, 1.807) is 6.07 Å². The second kappa shape index (κ2) is 7.69. The Balaban J connectivity index is 1.88. The zero-order valence-electron chi connectivity index (χ0n) is 12.5. The Morgan fingerprint density at radius 3 is 2.65 bits per heavy atom. The number of aliphatic hydroxyl groups is 1. The van der Waals surface area contributed by atoms with Crippen LogP contribution in [0.2, 0.25) is 0 Å². The molecule has 0 saturated carbocycles. The van der Waals surface area contributed by atoms with Crippen LogP contribution in [0.1, 0.15) is 18.6 Å². The Morgan fingerprint density at radius 2 is 1.96 bits per heavy atom. The van der Waals surface area contributed by atoms with Crippen LogP contribution in [0, 0.1) is 11.6 Å². The van der Waals surface area contributed by atoms with Gasteiger partial charge in [-0.3, -0.25) is 4.79 Å². The molecule has 2 N–H and O–H groups in total. The van der Waals surface area contributed by atoms with E-state index in [2.05, 4.69) is 5.32 Å². The van der Waals surface area contributed by atoms with Gasteiger partial charge in [0.2, 0.25) is 0 Å². The first-order valence-electron chi connectivity index (χ1n) is 7.10. The molecule has 0 heterocycles. The second-order valence-corrected chi connectivity index (χ2v) is 5.00. The summed E-state index contributed by atoms with van der Waals surface area (Å²) >= 11 is 0. The molecule has 0 aliphatic rings. The SMILES string of the molecule is CC(Oc1cccc(F)c1)C(=O)NCC(O)c1ccccc1F. The molecule has 0 bridgehead atoms. The zero-order chi connectivity index (χ0) is 16.8. The number of amides is 1. The van der Waals surface area contributed by atoms with Gasteiger partial charge in [0.25, 0.3) is 5.91 Å². The third-order valence-corrected chi connectivity index (χ3v) is 3.21. The lowest BCUT2D eigenvalue weighted by molar-refractivity contribution is -0.127. The van der Waals surface area contributed by atoms with E-state index >= 15 is 0 Å². The van der Waals surface area contributed by atoms with Gasteiger partial charge < -0.3 is 15.2 Å². The zero-order valence-corrected chi connectivity index (χ0v) is 12.5. The van der Waals surface area contributed by atoms with E-state index in [0.717, 1.165) is 6.07 Å². The van der Waals surface area contributed by atoms with Gasteiger partial charge in [0.1, 0.15) is 17.4 Å². The van der Waals surface area contributed by atoms with Crippen molar-refractivity contribution in [1.29, 1.82) is 0 Å². The Hall–Kier alpha value is -2.47. The number of nitrogens with one attached hydrogen (secondary N) is 1. The lowest BCUT2D eigenvalue weighted by Crippen LogP contribution is -2.38. The van der Waals surface area contributed by atoms with Crippen molar-refractivity contribution in [1.82, 2.24) is 5.32 Å². The summed E-state index contributed by atoms with van der Waals surface area (Å²) in [4.78, 5) is 11.9. The molecule has 0 saturated heterocycles. The van der Waals surface area contributed by atoms with Crippen LogP contribution in [0.5, 0.6) is 5.75 Å². The van der Waals surface area contributed by atoms with E-state index in [4.69, 9.17) is 4.74 Å². The van der Waals surface area contributed by atoms with Gasteiger partial charge in [-0.2, -0.15) is 0 Å². The predicted octanol–water partition coefficient (Wildman–Crippen LogP) is 2.58. The van der Waals surface area contributed by atoms with Crippen molar-refractivity contribution in [3.8, 4) is 5.75 Å². The number of ether oxygens (including phenoxy) is 1. The first-order valence-corrected chi connectivity index (χ1v) is 7.10. The minimum Gasteiger partial charge on any atom is -0.481 e. The van der Waals surface area contributed by atoms with Crippen LogP contribution in [0.15, 0.2) is 48.5 Å². The van der Waals surface area contributed by atoms with Crippen molar-refractivity contribution >= 4 is 5.91 Å². The lowest BCUT2D eigenvalue weighted by atomic mass is 10.1. The standard InChI is InChI=1S/C17H17F2NO3/c1-11(23-13-6-4-5-12(18)9-13)17(22)20-10-16(21)14-7-2-3-8-15(14)19/h2-9,11,16,21H,10H2,1H3,(H,20,22). The summed E-state index contributed by atoms with van der Waals surface area (Å²) in [7, 11) is 0. The van der Waals surface area contributed by atoms with E-state index in [1.165, 1.54) is 43.3 Å². The van der Waals surface area contributed by atoms with Gasteiger partial charge in [-0.15, -0.1) is 0 Å². The van der Waals surface area contributed by atoms with E-state index in [-0.39, 0.29) is 17.9 Å². The molecule has 0 aliphatic carbocycles. The number of rotatable bonds is 6. The fourth-order valence-electron chi connectivity index (χ4n) is 1.99. The quantitative estimate of drug-likeness (QED) is 0.860. The van der Waals surface area contributed by atoms with Gasteiger partial charge in [0.05, 0.1) is 6.10 Å². The summed E-state index contributed by atoms with van der Waals surface area (Å²) < 4.78 is 31.9. The minimum atomic E-state index is -1.17. The first kappa shape index (κ1) is 16.9. The number of hydrogen-bond acceptors (Lipinski definition) is 3. The van der Waals surface area contributed by atoms with E-state index < -0.39 is 29.7 Å². The number of aliphatic hydroxyl groups excluding tert-OH is 1. The maximum atomic E-state index is 13.5. The number of halogens is 2. The summed E-state index contributed by atoms with van der Waals surface area (Å²) in [6, 6.07) is 11.2. The molecule has 1 amide bonds. The van der Waals surface area contributed by atoms with Gasteiger partial charge in [-0.1, -0.05) is 24.3 Å². The third-order valence-electron chi connectivity index (χ3n) is 3.21. The van der Waals surface area contributed by atoms with Gasteiger partial charge in [0, 0.05) is 18.2 Å². The first-order chi connectivity index (χ1) is 11.0. The number of hydrogen-bond donors (Lipinski definition) is 2. The highest BCUT2D eigenvalue weighted by molar-refractivity contribution is 5.80. The summed E-state index contributed by atoms with van der Waals surface area (Å²) in [6.07, 6.45) is -2.05. The van der Waals surface area contributed by atoms with Crippen molar-refractivity contribution < 1.29 is 23.4 Å². The van der Waals surface area contributed by atoms with Gasteiger partial charge in [-0.25, -0.2) is 8.78 Å². The Kier molecular flexibility index (Phi) is 5.65. The average molecular weight is 321 g/mol. The maximum Gasteiger partial charge on any atom is 0.260 e. The Morgan fingerprint density at radius 1 is 1.22 bits per heavy atom. The van der Waals surface area contributed by atoms with Crippen molar-refractivity contribution in [2.24, 2.45) is 0 Å². The summed E-state index contributed by atoms with van der Waals surface area (Å²) in [6.45, 7) is 1.34. The monoisotopic (exact) mass is 321 g/mol. The Labute approximate surface area is 132 Å². The van der Waals surface area contributed by atoms with E-state index in [1.807, 2.05) is 0 Å². The van der Waals surface area contributed by atoms with Crippen LogP contribution in [0.3, 0.4) is 0 Å². The molecular weight excluding hydrogens is 304 g/mol. The maximum absolute atomic E-state index is 13.5. The molecular formula is C17H17F2NO3. The molecule has 4 nitrogen and oxygen atoms in total. The fraction of sp³-hybridized carbons (Fsp3) is 0.235. The van der Waals surface area contributed by atoms with Crippen LogP contribution < -0.4 is 10.1 Å².